The van der Waals surface area contributed by atoms with E-state index >= 15 is 0 Å². The maximum Gasteiger partial charge on any atom is 0.136 e. The fraction of sp³-hybridized carbons (Fsp3) is 0.292. The van der Waals surface area contributed by atoms with Crippen LogP contribution in [0.2, 0.25) is 0 Å². The van der Waals surface area contributed by atoms with E-state index in [0.717, 1.165) is 19.3 Å². The predicted octanol–water partition coefficient (Wildman–Crippen LogP) is 6.26. The zero-order valence-electron chi connectivity index (χ0n) is 15.3. The van der Waals surface area contributed by atoms with E-state index in [1.807, 2.05) is 36.4 Å². The van der Waals surface area contributed by atoms with Gasteiger partial charge in [-0.15, -0.1) is 0 Å². The summed E-state index contributed by atoms with van der Waals surface area (Å²) in [7, 11) is 0. The maximum atomic E-state index is 12.7. The largest absolute Gasteiger partial charge is 0.299 e. The quantitative estimate of drug-likeness (QED) is 0.495. The third kappa shape index (κ3) is 7.34. The van der Waals surface area contributed by atoms with Crippen LogP contribution in [0.4, 0.5) is 0 Å². The first-order valence-electron chi connectivity index (χ1n) is 9.06. The van der Waals surface area contributed by atoms with Gasteiger partial charge in [-0.25, -0.2) is 0 Å². The van der Waals surface area contributed by atoms with Gasteiger partial charge >= 0.3 is 0 Å². The van der Waals surface area contributed by atoms with Crippen molar-refractivity contribution in [2.75, 3.05) is 0 Å². The second-order valence-electron chi connectivity index (χ2n) is 6.71. The minimum absolute atomic E-state index is 0.0681. The maximum absolute atomic E-state index is 12.7. The lowest BCUT2D eigenvalue weighted by Gasteiger charge is -2.12. The molecule has 1 nitrogen and oxygen atoms in total. The lowest BCUT2D eigenvalue weighted by atomic mass is 9.91. The smallest absolute Gasteiger partial charge is 0.136 e. The van der Waals surface area contributed by atoms with Gasteiger partial charge in [-0.3, -0.25) is 4.79 Å². The number of Topliss-reactive ketones (excluding diaryl/α,β-unsaturated/α-hetero) is 1. The van der Waals surface area contributed by atoms with Crippen molar-refractivity contribution in [3.63, 3.8) is 0 Å². The summed E-state index contributed by atoms with van der Waals surface area (Å²) in [5.74, 6) is 0.428. The van der Waals surface area contributed by atoms with E-state index in [2.05, 4.69) is 56.3 Å². The van der Waals surface area contributed by atoms with Crippen LogP contribution in [0.3, 0.4) is 0 Å². The third-order valence-corrected chi connectivity index (χ3v) is 4.30. The highest BCUT2D eigenvalue weighted by molar-refractivity contribution is 5.81. The number of hydrogen-bond donors (Lipinski definition) is 0. The lowest BCUT2D eigenvalue weighted by Crippen LogP contribution is -2.14. The molecule has 0 radical (unpaired) electrons. The van der Waals surface area contributed by atoms with Crippen LogP contribution in [0.5, 0.6) is 0 Å². The van der Waals surface area contributed by atoms with Crippen molar-refractivity contribution in [2.24, 2.45) is 5.92 Å². The van der Waals surface area contributed by atoms with Gasteiger partial charge in [0.2, 0.25) is 0 Å². The molecule has 0 amide bonds. The van der Waals surface area contributed by atoms with Gasteiger partial charge in [0.05, 0.1) is 0 Å². The molecular formula is C24H28O. The van der Waals surface area contributed by atoms with E-state index < -0.39 is 0 Å². The van der Waals surface area contributed by atoms with Crippen molar-refractivity contribution in [3.8, 4) is 0 Å². The van der Waals surface area contributed by atoms with Gasteiger partial charge in [-0.2, -0.15) is 0 Å². The summed E-state index contributed by atoms with van der Waals surface area (Å²) in [5, 5.41) is 0. The van der Waals surface area contributed by atoms with Crippen molar-refractivity contribution >= 4 is 11.9 Å². The van der Waals surface area contributed by atoms with Crippen LogP contribution in [0.1, 0.15) is 44.2 Å². The SMILES string of the molecule is CC(C)=CCC(C/C=C/c1ccccc1)C(=O)CCc1ccccc1. The van der Waals surface area contributed by atoms with Gasteiger partial charge in [0.15, 0.2) is 0 Å². The van der Waals surface area contributed by atoms with Gasteiger partial charge in [-0.05, 0) is 44.2 Å². The minimum atomic E-state index is 0.0681. The van der Waals surface area contributed by atoms with Crippen LogP contribution in [-0.2, 0) is 11.2 Å². The molecule has 0 bridgehead atoms. The Hall–Kier alpha value is -2.41. The molecule has 1 atom stereocenters. The number of hydrogen-bond acceptors (Lipinski definition) is 1. The molecule has 0 fully saturated rings. The molecule has 0 heterocycles. The topological polar surface area (TPSA) is 17.1 Å². The minimum Gasteiger partial charge on any atom is -0.299 e. The molecule has 2 aromatic carbocycles. The number of aryl methyl sites for hydroxylation is 1. The Labute approximate surface area is 152 Å². The third-order valence-electron chi connectivity index (χ3n) is 4.30. The average Bonchev–Trinajstić information content (AvgIpc) is 2.64. The van der Waals surface area contributed by atoms with Gasteiger partial charge < -0.3 is 0 Å². The number of carbonyl (C=O) groups is 1. The van der Waals surface area contributed by atoms with Crippen LogP contribution >= 0.6 is 0 Å². The van der Waals surface area contributed by atoms with Gasteiger partial charge in [0.1, 0.15) is 5.78 Å². The van der Waals surface area contributed by atoms with Crippen LogP contribution in [0, 0.1) is 5.92 Å². The zero-order valence-corrected chi connectivity index (χ0v) is 15.3. The highest BCUT2D eigenvalue weighted by atomic mass is 16.1. The Morgan fingerprint density at radius 2 is 1.56 bits per heavy atom. The normalized spacial score (nSPS) is 12.1. The summed E-state index contributed by atoms with van der Waals surface area (Å²) in [6, 6.07) is 20.5. The van der Waals surface area contributed by atoms with Gasteiger partial charge in [0.25, 0.3) is 0 Å². The monoisotopic (exact) mass is 332 g/mol. The number of allylic oxidation sites excluding steroid dienone is 3. The second-order valence-corrected chi connectivity index (χ2v) is 6.71. The van der Waals surface area contributed by atoms with Crippen molar-refractivity contribution < 1.29 is 4.79 Å². The molecule has 1 heteroatoms. The predicted molar refractivity (Wildman–Crippen MR) is 107 cm³/mol. The molecule has 0 aromatic heterocycles. The van der Waals surface area contributed by atoms with Crippen molar-refractivity contribution in [1.29, 1.82) is 0 Å². The Morgan fingerprint density at radius 1 is 0.920 bits per heavy atom. The molecular weight excluding hydrogens is 304 g/mol. The first kappa shape index (κ1) is 18.9. The van der Waals surface area contributed by atoms with Crippen LogP contribution in [0.15, 0.2) is 78.4 Å². The van der Waals surface area contributed by atoms with Crippen LogP contribution in [0.25, 0.3) is 6.08 Å². The van der Waals surface area contributed by atoms with E-state index in [1.165, 1.54) is 16.7 Å². The van der Waals surface area contributed by atoms with Gasteiger partial charge in [-0.1, -0.05) is 84.5 Å². The van der Waals surface area contributed by atoms with Gasteiger partial charge in [0, 0.05) is 12.3 Å². The first-order chi connectivity index (χ1) is 12.1. The summed E-state index contributed by atoms with van der Waals surface area (Å²) in [6.07, 6.45) is 9.50. The molecule has 0 spiro atoms. The number of carbonyl (C=O) groups excluding carboxylic acids is 1. The standard InChI is InChI=1S/C24H28O/c1-20(2)16-18-23(15-9-14-21-10-5-3-6-11-21)24(25)19-17-22-12-7-4-8-13-22/h3-14,16,23H,15,17-19H2,1-2H3/b14-9+. The molecule has 1 unspecified atom stereocenters. The van der Waals surface area contributed by atoms with Crippen molar-refractivity contribution in [1.82, 2.24) is 0 Å². The molecule has 0 aliphatic carbocycles. The molecule has 2 aromatic rings. The summed E-state index contributed by atoms with van der Waals surface area (Å²) >= 11 is 0. The molecule has 25 heavy (non-hydrogen) atoms. The number of ketones is 1. The Bertz CT molecular complexity index is 691. The lowest BCUT2D eigenvalue weighted by molar-refractivity contribution is -0.122. The van der Waals surface area contributed by atoms with E-state index in [4.69, 9.17) is 0 Å². The van der Waals surface area contributed by atoms with Crippen molar-refractivity contribution in [2.45, 2.75) is 39.5 Å². The molecule has 0 saturated carbocycles. The Kier molecular flexibility index (Phi) is 7.91. The molecule has 130 valence electrons. The zero-order chi connectivity index (χ0) is 17.9. The molecule has 0 aliphatic rings. The van der Waals surface area contributed by atoms with Crippen LogP contribution < -0.4 is 0 Å². The Balaban J connectivity index is 1.95. The molecule has 0 saturated heterocycles. The average molecular weight is 332 g/mol. The summed E-state index contributed by atoms with van der Waals surface area (Å²) in [4.78, 5) is 12.7. The molecule has 0 aliphatic heterocycles. The van der Waals surface area contributed by atoms with Crippen molar-refractivity contribution in [3.05, 3.63) is 89.5 Å². The van der Waals surface area contributed by atoms with Crippen LogP contribution in [-0.4, -0.2) is 5.78 Å². The highest BCUT2D eigenvalue weighted by Gasteiger charge is 2.15. The van der Waals surface area contributed by atoms with E-state index in [0.29, 0.717) is 12.2 Å². The second kappa shape index (κ2) is 10.5. The van der Waals surface area contributed by atoms with E-state index in [-0.39, 0.29) is 5.92 Å². The highest BCUT2D eigenvalue weighted by Crippen LogP contribution is 2.18. The molecule has 2 rings (SSSR count). The number of rotatable bonds is 9. The summed E-state index contributed by atoms with van der Waals surface area (Å²) in [6.45, 7) is 4.18. The summed E-state index contributed by atoms with van der Waals surface area (Å²) < 4.78 is 0. The molecule has 0 N–H and O–H groups in total. The number of benzene rings is 2. The summed E-state index contributed by atoms with van der Waals surface area (Å²) in [5.41, 5.74) is 3.68. The fourth-order valence-corrected chi connectivity index (χ4v) is 2.79. The van der Waals surface area contributed by atoms with E-state index in [1.54, 1.807) is 0 Å². The Morgan fingerprint density at radius 3 is 2.20 bits per heavy atom. The first-order valence-corrected chi connectivity index (χ1v) is 9.06. The fourth-order valence-electron chi connectivity index (χ4n) is 2.79. The van der Waals surface area contributed by atoms with E-state index in [9.17, 15) is 4.79 Å².